The molecular weight excluding hydrogens is 268 g/mol. The molecule has 0 saturated heterocycles. The van der Waals surface area contributed by atoms with Gasteiger partial charge < -0.3 is 14.3 Å². The van der Waals surface area contributed by atoms with E-state index < -0.39 is 0 Å². The van der Waals surface area contributed by atoms with E-state index in [1.165, 1.54) is 37.6 Å². The van der Waals surface area contributed by atoms with E-state index in [4.69, 9.17) is 17.0 Å². The first-order valence-electron chi connectivity index (χ1n) is 7.44. The number of imidazole rings is 1. The second kappa shape index (κ2) is 5.24. The van der Waals surface area contributed by atoms with Crippen molar-refractivity contribution in [3.05, 3.63) is 23.0 Å². The SMILES string of the molecule is CCC1(Cn2c(=S)[nH]c3cc(OC)ccc32)CCCC1. The first-order valence-corrected chi connectivity index (χ1v) is 7.85. The van der Waals surface area contributed by atoms with Crippen LogP contribution in [0, 0.1) is 10.2 Å². The molecule has 0 unspecified atom stereocenters. The van der Waals surface area contributed by atoms with E-state index in [1.807, 2.05) is 12.1 Å². The predicted molar refractivity (Wildman–Crippen MR) is 84.9 cm³/mol. The molecule has 1 aliphatic carbocycles. The van der Waals surface area contributed by atoms with Gasteiger partial charge in [-0.3, -0.25) is 0 Å². The minimum Gasteiger partial charge on any atom is -0.497 e. The number of nitrogens with zero attached hydrogens (tertiary/aromatic N) is 1. The number of hydrogen-bond donors (Lipinski definition) is 1. The van der Waals surface area contributed by atoms with E-state index in [9.17, 15) is 0 Å². The van der Waals surface area contributed by atoms with Crippen molar-refractivity contribution in [2.24, 2.45) is 5.41 Å². The van der Waals surface area contributed by atoms with Crippen LogP contribution in [0.5, 0.6) is 5.75 Å². The molecule has 3 nitrogen and oxygen atoms in total. The molecule has 0 spiro atoms. The third-order valence-electron chi connectivity index (χ3n) is 4.89. The Labute approximate surface area is 125 Å². The molecule has 108 valence electrons. The summed E-state index contributed by atoms with van der Waals surface area (Å²) in [4.78, 5) is 3.31. The van der Waals surface area contributed by atoms with Gasteiger partial charge in [0.15, 0.2) is 4.77 Å². The summed E-state index contributed by atoms with van der Waals surface area (Å²) in [5.74, 6) is 0.868. The van der Waals surface area contributed by atoms with Gasteiger partial charge in [-0.05, 0) is 49.0 Å². The van der Waals surface area contributed by atoms with Crippen LogP contribution in [0.1, 0.15) is 39.0 Å². The fourth-order valence-corrected chi connectivity index (χ4v) is 3.78. The second-order valence-corrected chi connectivity index (χ2v) is 6.35. The topological polar surface area (TPSA) is 29.9 Å². The van der Waals surface area contributed by atoms with Gasteiger partial charge in [0.05, 0.1) is 18.1 Å². The van der Waals surface area contributed by atoms with Gasteiger partial charge in [-0.2, -0.15) is 0 Å². The van der Waals surface area contributed by atoms with Crippen molar-refractivity contribution in [2.45, 2.75) is 45.6 Å². The molecule has 20 heavy (non-hydrogen) atoms. The molecule has 1 N–H and O–H groups in total. The van der Waals surface area contributed by atoms with E-state index in [0.29, 0.717) is 5.41 Å². The smallest absolute Gasteiger partial charge is 0.178 e. The Morgan fingerprint density at radius 3 is 2.75 bits per heavy atom. The monoisotopic (exact) mass is 290 g/mol. The highest BCUT2D eigenvalue weighted by Crippen LogP contribution is 2.43. The summed E-state index contributed by atoms with van der Waals surface area (Å²) in [6.07, 6.45) is 6.61. The molecule has 0 atom stereocenters. The van der Waals surface area contributed by atoms with Gasteiger partial charge in [0.1, 0.15) is 5.75 Å². The zero-order valence-electron chi connectivity index (χ0n) is 12.2. The number of rotatable bonds is 4. The number of H-pyrrole nitrogens is 1. The van der Waals surface area contributed by atoms with Crippen molar-refractivity contribution in [2.75, 3.05) is 7.11 Å². The Bertz CT molecular complexity index is 665. The maximum Gasteiger partial charge on any atom is 0.178 e. The summed E-state index contributed by atoms with van der Waals surface area (Å²) in [6.45, 7) is 3.35. The van der Waals surface area contributed by atoms with E-state index >= 15 is 0 Å². The third-order valence-corrected chi connectivity index (χ3v) is 5.21. The Morgan fingerprint density at radius 1 is 1.35 bits per heavy atom. The van der Waals surface area contributed by atoms with E-state index in [1.54, 1.807) is 7.11 Å². The lowest BCUT2D eigenvalue weighted by Crippen LogP contribution is -2.22. The number of ether oxygens (including phenoxy) is 1. The predicted octanol–water partition coefficient (Wildman–Crippen LogP) is 4.68. The molecule has 1 aromatic heterocycles. The fourth-order valence-electron chi connectivity index (χ4n) is 3.51. The standard InChI is InChI=1S/C16H22N2OS/c1-3-16(8-4-5-9-16)11-18-14-7-6-12(19-2)10-13(14)17-15(18)20/h6-7,10H,3-5,8-9,11H2,1-2H3,(H,17,20). The first-order chi connectivity index (χ1) is 9.67. The minimum atomic E-state index is 0.438. The highest BCUT2D eigenvalue weighted by Gasteiger charge is 2.32. The lowest BCUT2D eigenvalue weighted by molar-refractivity contribution is 0.239. The minimum absolute atomic E-state index is 0.438. The van der Waals surface area contributed by atoms with Crippen LogP contribution in [0.15, 0.2) is 18.2 Å². The molecule has 1 fully saturated rings. The average Bonchev–Trinajstić information content (AvgIpc) is 3.05. The number of fused-ring (bicyclic) bond motifs is 1. The van der Waals surface area contributed by atoms with Crippen molar-refractivity contribution < 1.29 is 4.74 Å². The fraction of sp³-hybridized carbons (Fsp3) is 0.562. The molecule has 3 rings (SSSR count). The maximum absolute atomic E-state index is 5.53. The van der Waals surface area contributed by atoms with Crippen LogP contribution in [-0.2, 0) is 6.54 Å². The van der Waals surface area contributed by atoms with Crippen molar-refractivity contribution in [1.82, 2.24) is 9.55 Å². The molecule has 0 amide bonds. The van der Waals surface area contributed by atoms with E-state index in [2.05, 4.69) is 22.5 Å². The molecule has 1 aliphatic rings. The van der Waals surface area contributed by atoms with Gasteiger partial charge in [0.25, 0.3) is 0 Å². The first kappa shape index (κ1) is 13.7. The number of hydrogen-bond acceptors (Lipinski definition) is 2. The van der Waals surface area contributed by atoms with Gasteiger partial charge in [0.2, 0.25) is 0 Å². The highest BCUT2D eigenvalue weighted by molar-refractivity contribution is 7.71. The van der Waals surface area contributed by atoms with Crippen LogP contribution < -0.4 is 4.74 Å². The Kier molecular flexibility index (Phi) is 3.59. The number of nitrogens with one attached hydrogen (secondary N) is 1. The molecule has 1 aromatic carbocycles. The van der Waals surface area contributed by atoms with Crippen LogP contribution in [-0.4, -0.2) is 16.7 Å². The van der Waals surface area contributed by atoms with E-state index in [0.717, 1.165) is 22.6 Å². The number of benzene rings is 1. The summed E-state index contributed by atoms with van der Waals surface area (Å²) in [6, 6.07) is 6.14. The lowest BCUT2D eigenvalue weighted by Gasteiger charge is -2.28. The van der Waals surface area contributed by atoms with Crippen LogP contribution in [0.4, 0.5) is 0 Å². The van der Waals surface area contributed by atoms with Crippen LogP contribution >= 0.6 is 12.2 Å². The summed E-state index contributed by atoms with van der Waals surface area (Å²) in [7, 11) is 1.69. The third kappa shape index (κ3) is 2.26. The number of aromatic nitrogens is 2. The molecule has 0 bridgehead atoms. The lowest BCUT2D eigenvalue weighted by atomic mass is 9.83. The van der Waals surface area contributed by atoms with Crippen LogP contribution in [0.25, 0.3) is 11.0 Å². The Balaban J connectivity index is 2.03. The zero-order chi connectivity index (χ0) is 14.2. The van der Waals surface area contributed by atoms with Gasteiger partial charge in [-0.25, -0.2) is 0 Å². The molecule has 0 aliphatic heterocycles. The summed E-state index contributed by atoms with van der Waals surface area (Å²) < 4.78 is 8.39. The highest BCUT2D eigenvalue weighted by atomic mass is 32.1. The van der Waals surface area contributed by atoms with Crippen molar-refractivity contribution in [1.29, 1.82) is 0 Å². The van der Waals surface area contributed by atoms with Crippen molar-refractivity contribution in [3.8, 4) is 5.75 Å². The van der Waals surface area contributed by atoms with Gasteiger partial charge >= 0.3 is 0 Å². The average molecular weight is 290 g/mol. The summed E-state index contributed by atoms with van der Waals surface area (Å²) in [5, 5.41) is 0. The van der Waals surface area contributed by atoms with Gasteiger partial charge in [-0.15, -0.1) is 0 Å². The Hall–Kier alpha value is -1.29. The molecule has 2 aromatic rings. The molecule has 0 radical (unpaired) electrons. The molecular formula is C16H22N2OS. The quantitative estimate of drug-likeness (QED) is 0.829. The second-order valence-electron chi connectivity index (χ2n) is 5.96. The zero-order valence-corrected chi connectivity index (χ0v) is 13.1. The number of methoxy groups -OCH3 is 1. The largest absolute Gasteiger partial charge is 0.497 e. The summed E-state index contributed by atoms with van der Waals surface area (Å²) in [5.41, 5.74) is 2.70. The molecule has 1 saturated carbocycles. The van der Waals surface area contributed by atoms with Crippen LogP contribution in [0.3, 0.4) is 0 Å². The van der Waals surface area contributed by atoms with Gasteiger partial charge in [0, 0.05) is 12.6 Å². The summed E-state index contributed by atoms with van der Waals surface area (Å²) >= 11 is 5.53. The van der Waals surface area contributed by atoms with Crippen molar-refractivity contribution in [3.63, 3.8) is 0 Å². The van der Waals surface area contributed by atoms with Crippen LogP contribution in [0.2, 0.25) is 0 Å². The van der Waals surface area contributed by atoms with Crippen molar-refractivity contribution >= 4 is 23.3 Å². The molecule has 1 heterocycles. The Morgan fingerprint density at radius 2 is 2.10 bits per heavy atom. The van der Waals surface area contributed by atoms with E-state index in [-0.39, 0.29) is 0 Å². The van der Waals surface area contributed by atoms with Gasteiger partial charge in [-0.1, -0.05) is 19.8 Å². The molecule has 4 heteroatoms. The maximum atomic E-state index is 5.53. The number of aromatic amines is 1. The normalized spacial score (nSPS) is 17.7.